The van der Waals surface area contributed by atoms with Gasteiger partial charge in [-0.25, -0.2) is 4.98 Å². The maximum absolute atomic E-state index is 5.53. The first-order valence-corrected chi connectivity index (χ1v) is 8.68. The van der Waals surface area contributed by atoms with Crippen LogP contribution in [0.1, 0.15) is 16.8 Å². The molecule has 5 rings (SSSR count). The van der Waals surface area contributed by atoms with Gasteiger partial charge in [-0.05, 0) is 43.1 Å². The van der Waals surface area contributed by atoms with E-state index in [4.69, 9.17) is 4.52 Å². The van der Waals surface area contributed by atoms with Gasteiger partial charge >= 0.3 is 0 Å². The molecule has 6 heteroatoms. The lowest BCUT2D eigenvalue weighted by molar-refractivity contribution is 0.431. The highest BCUT2D eigenvalue weighted by molar-refractivity contribution is 5.80. The lowest BCUT2D eigenvalue weighted by Gasteiger charge is -2.19. The summed E-state index contributed by atoms with van der Waals surface area (Å²) in [5, 5.41) is 8.68. The Morgan fingerprint density at radius 3 is 2.96 bits per heavy atom. The number of aromatic nitrogens is 4. The first kappa shape index (κ1) is 15.2. The molecule has 0 saturated heterocycles. The number of fused-ring (bicyclic) bond motifs is 2. The summed E-state index contributed by atoms with van der Waals surface area (Å²) in [6.45, 7) is 3.76. The zero-order chi connectivity index (χ0) is 17.5. The second kappa shape index (κ2) is 6.00. The SMILES string of the molecule is Cc1ncc2c(c1-c1noc(-c3ccc4ccccc4n3)n1)CCNC2. The van der Waals surface area contributed by atoms with Crippen molar-refractivity contribution < 1.29 is 4.52 Å². The van der Waals surface area contributed by atoms with Crippen molar-refractivity contribution in [1.82, 2.24) is 25.4 Å². The Morgan fingerprint density at radius 2 is 2.00 bits per heavy atom. The predicted octanol–water partition coefficient (Wildman–Crippen LogP) is 3.30. The topological polar surface area (TPSA) is 76.7 Å². The number of aryl methyl sites for hydroxylation is 1. The molecule has 0 aliphatic carbocycles. The van der Waals surface area contributed by atoms with Crippen LogP contribution in [0.5, 0.6) is 0 Å². The molecule has 0 atom stereocenters. The molecule has 26 heavy (non-hydrogen) atoms. The molecular formula is C20H17N5O. The van der Waals surface area contributed by atoms with Gasteiger partial charge in [0.25, 0.3) is 5.89 Å². The third-order valence-electron chi connectivity index (χ3n) is 4.80. The highest BCUT2D eigenvalue weighted by Crippen LogP contribution is 2.30. The fraction of sp³-hybridized carbons (Fsp3) is 0.200. The van der Waals surface area contributed by atoms with Crippen molar-refractivity contribution in [1.29, 1.82) is 0 Å². The van der Waals surface area contributed by atoms with Gasteiger partial charge in [-0.3, -0.25) is 4.98 Å². The number of nitrogens with zero attached hydrogens (tertiary/aromatic N) is 4. The number of para-hydroxylation sites is 1. The van der Waals surface area contributed by atoms with E-state index in [9.17, 15) is 0 Å². The molecule has 0 fully saturated rings. The van der Waals surface area contributed by atoms with Crippen molar-refractivity contribution in [2.45, 2.75) is 19.9 Å². The van der Waals surface area contributed by atoms with Crippen LogP contribution in [0.3, 0.4) is 0 Å². The van der Waals surface area contributed by atoms with Gasteiger partial charge in [-0.1, -0.05) is 29.4 Å². The quantitative estimate of drug-likeness (QED) is 0.602. The van der Waals surface area contributed by atoms with Crippen LogP contribution in [0, 0.1) is 6.92 Å². The fourth-order valence-electron chi connectivity index (χ4n) is 3.48. The lowest BCUT2D eigenvalue weighted by Crippen LogP contribution is -2.24. The number of nitrogens with one attached hydrogen (secondary N) is 1. The summed E-state index contributed by atoms with van der Waals surface area (Å²) in [6, 6.07) is 11.9. The molecule has 1 aliphatic heterocycles. The zero-order valence-electron chi connectivity index (χ0n) is 14.4. The van der Waals surface area contributed by atoms with Crippen LogP contribution >= 0.6 is 0 Å². The van der Waals surface area contributed by atoms with Crippen LogP contribution in [0.25, 0.3) is 33.9 Å². The Hall–Kier alpha value is -3.12. The van der Waals surface area contributed by atoms with Crippen LogP contribution in [-0.2, 0) is 13.0 Å². The van der Waals surface area contributed by atoms with E-state index in [0.717, 1.165) is 41.7 Å². The number of pyridine rings is 2. The van der Waals surface area contributed by atoms with E-state index < -0.39 is 0 Å². The Labute approximate surface area is 150 Å². The van der Waals surface area contributed by atoms with Crippen molar-refractivity contribution in [3.63, 3.8) is 0 Å². The normalized spacial score (nSPS) is 13.7. The highest BCUT2D eigenvalue weighted by atomic mass is 16.5. The maximum Gasteiger partial charge on any atom is 0.276 e. The third kappa shape index (κ3) is 2.46. The number of benzene rings is 1. The number of rotatable bonds is 2. The van der Waals surface area contributed by atoms with Crippen molar-refractivity contribution >= 4 is 10.9 Å². The van der Waals surface area contributed by atoms with E-state index in [0.29, 0.717) is 17.4 Å². The van der Waals surface area contributed by atoms with Gasteiger partial charge in [0.05, 0.1) is 5.52 Å². The van der Waals surface area contributed by atoms with Crippen molar-refractivity contribution in [2.75, 3.05) is 6.54 Å². The van der Waals surface area contributed by atoms with E-state index in [1.54, 1.807) is 0 Å². The monoisotopic (exact) mass is 343 g/mol. The molecule has 4 aromatic rings. The lowest BCUT2D eigenvalue weighted by atomic mass is 9.95. The van der Waals surface area contributed by atoms with E-state index in [1.807, 2.05) is 49.5 Å². The minimum Gasteiger partial charge on any atom is -0.332 e. The van der Waals surface area contributed by atoms with Crippen molar-refractivity contribution in [3.8, 4) is 23.0 Å². The van der Waals surface area contributed by atoms with Gasteiger partial charge in [-0.2, -0.15) is 4.98 Å². The predicted molar refractivity (Wildman–Crippen MR) is 98.4 cm³/mol. The van der Waals surface area contributed by atoms with E-state index in [1.165, 1.54) is 11.1 Å². The van der Waals surface area contributed by atoms with Gasteiger partial charge in [0.2, 0.25) is 5.82 Å². The molecule has 3 aromatic heterocycles. The summed E-state index contributed by atoms with van der Waals surface area (Å²) in [7, 11) is 0. The maximum atomic E-state index is 5.53. The molecular weight excluding hydrogens is 326 g/mol. The van der Waals surface area contributed by atoms with Crippen LogP contribution in [0.15, 0.2) is 47.1 Å². The Morgan fingerprint density at radius 1 is 1.08 bits per heavy atom. The van der Waals surface area contributed by atoms with Gasteiger partial charge in [0, 0.05) is 29.4 Å². The summed E-state index contributed by atoms with van der Waals surface area (Å²) in [5.74, 6) is 1.01. The third-order valence-corrected chi connectivity index (χ3v) is 4.80. The second-order valence-electron chi connectivity index (χ2n) is 6.46. The van der Waals surface area contributed by atoms with Gasteiger partial charge in [0.1, 0.15) is 5.69 Å². The first-order chi connectivity index (χ1) is 12.8. The second-order valence-corrected chi connectivity index (χ2v) is 6.46. The van der Waals surface area contributed by atoms with E-state index in [-0.39, 0.29) is 0 Å². The fourth-order valence-corrected chi connectivity index (χ4v) is 3.48. The van der Waals surface area contributed by atoms with Gasteiger partial charge < -0.3 is 9.84 Å². The minimum atomic E-state index is 0.427. The summed E-state index contributed by atoms with van der Waals surface area (Å²) in [5.41, 5.74) is 5.96. The van der Waals surface area contributed by atoms with Gasteiger partial charge in [0.15, 0.2) is 0 Å². The highest BCUT2D eigenvalue weighted by Gasteiger charge is 2.21. The first-order valence-electron chi connectivity index (χ1n) is 8.68. The average Bonchev–Trinajstić information content (AvgIpc) is 3.17. The number of hydrogen-bond donors (Lipinski definition) is 1. The molecule has 0 unspecified atom stereocenters. The smallest absolute Gasteiger partial charge is 0.276 e. The molecule has 0 saturated carbocycles. The van der Waals surface area contributed by atoms with E-state index >= 15 is 0 Å². The molecule has 6 nitrogen and oxygen atoms in total. The standard InChI is InChI=1S/C20H17N5O/c1-12-18(15-8-9-21-10-14(15)11-22-12)19-24-20(26-25-19)17-7-6-13-4-2-3-5-16(13)23-17/h2-7,11,21H,8-10H2,1H3. The summed E-state index contributed by atoms with van der Waals surface area (Å²) in [4.78, 5) is 13.8. The molecule has 0 spiro atoms. The molecule has 4 heterocycles. The molecule has 0 bridgehead atoms. The van der Waals surface area contributed by atoms with Crippen LogP contribution in [-0.4, -0.2) is 26.7 Å². The minimum absolute atomic E-state index is 0.427. The molecule has 0 radical (unpaired) electrons. The molecule has 0 amide bonds. The van der Waals surface area contributed by atoms with Crippen LogP contribution < -0.4 is 5.32 Å². The molecule has 1 aliphatic rings. The number of hydrogen-bond acceptors (Lipinski definition) is 6. The van der Waals surface area contributed by atoms with Crippen molar-refractivity contribution in [3.05, 3.63) is 59.4 Å². The van der Waals surface area contributed by atoms with Gasteiger partial charge in [-0.15, -0.1) is 0 Å². The molecule has 1 aromatic carbocycles. The molecule has 128 valence electrons. The largest absolute Gasteiger partial charge is 0.332 e. The van der Waals surface area contributed by atoms with Crippen LogP contribution in [0.2, 0.25) is 0 Å². The van der Waals surface area contributed by atoms with E-state index in [2.05, 4.69) is 25.4 Å². The molecule has 1 N–H and O–H groups in total. The van der Waals surface area contributed by atoms with Crippen molar-refractivity contribution in [2.24, 2.45) is 0 Å². The Kier molecular flexibility index (Phi) is 3.50. The summed E-state index contributed by atoms with van der Waals surface area (Å²) in [6.07, 6.45) is 2.87. The zero-order valence-corrected chi connectivity index (χ0v) is 14.4. The average molecular weight is 343 g/mol. The Bertz CT molecular complexity index is 1120. The summed E-state index contributed by atoms with van der Waals surface area (Å²) >= 11 is 0. The van der Waals surface area contributed by atoms with Crippen LogP contribution in [0.4, 0.5) is 0 Å². The Balaban J connectivity index is 1.60. The summed E-state index contributed by atoms with van der Waals surface area (Å²) < 4.78 is 5.53.